The molecule has 0 saturated carbocycles. The number of aromatic nitrogens is 1. The summed E-state index contributed by atoms with van der Waals surface area (Å²) >= 11 is 1.54. The molecule has 0 aliphatic carbocycles. The molecule has 20 heavy (non-hydrogen) atoms. The summed E-state index contributed by atoms with van der Waals surface area (Å²) in [6.07, 6.45) is 1.01. The molecule has 0 bridgehead atoms. The predicted octanol–water partition coefficient (Wildman–Crippen LogP) is 4.02. The first-order valence-electron chi connectivity index (χ1n) is 6.76. The van der Waals surface area contributed by atoms with Crippen molar-refractivity contribution in [2.75, 3.05) is 11.9 Å². The van der Waals surface area contributed by atoms with Crippen LogP contribution in [0.25, 0.3) is 0 Å². The maximum absolute atomic E-state index is 13.9. The zero-order valence-electron chi connectivity index (χ0n) is 12.1. The number of thiazole rings is 1. The van der Waals surface area contributed by atoms with E-state index in [2.05, 4.69) is 18.8 Å². The Morgan fingerprint density at radius 2 is 2.10 bits per heavy atom. The maximum atomic E-state index is 13.9. The van der Waals surface area contributed by atoms with E-state index in [-0.39, 0.29) is 5.82 Å². The van der Waals surface area contributed by atoms with Gasteiger partial charge < -0.3 is 10.6 Å². The molecule has 0 aliphatic rings. The van der Waals surface area contributed by atoms with E-state index >= 15 is 0 Å². The highest BCUT2D eigenvalue weighted by Gasteiger charge is 2.19. The SMILES string of the molecule is CCC(C)c1nc(N(C)c2ccccc2F)sc1CN. The summed E-state index contributed by atoms with van der Waals surface area (Å²) in [5, 5.41) is 0.783. The number of para-hydroxylation sites is 1. The largest absolute Gasteiger partial charge is 0.326 e. The molecular weight excluding hydrogens is 273 g/mol. The van der Waals surface area contributed by atoms with Crippen LogP contribution in [-0.4, -0.2) is 12.0 Å². The van der Waals surface area contributed by atoms with E-state index in [0.29, 0.717) is 18.2 Å². The lowest BCUT2D eigenvalue weighted by atomic mass is 10.0. The fraction of sp³-hybridized carbons (Fsp3) is 0.400. The third-order valence-corrected chi connectivity index (χ3v) is 4.65. The lowest BCUT2D eigenvalue weighted by Gasteiger charge is -2.16. The van der Waals surface area contributed by atoms with Crippen LogP contribution in [-0.2, 0) is 6.54 Å². The zero-order valence-corrected chi connectivity index (χ0v) is 12.9. The summed E-state index contributed by atoms with van der Waals surface area (Å²) in [4.78, 5) is 7.53. The Hall–Kier alpha value is -1.46. The summed E-state index contributed by atoms with van der Waals surface area (Å²) in [5.74, 6) is 0.122. The lowest BCUT2D eigenvalue weighted by molar-refractivity contribution is 0.627. The molecule has 0 saturated heterocycles. The van der Waals surface area contributed by atoms with E-state index in [1.54, 1.807) is 17.0 Å². The van der Waals surface area contributed by atoms with Gasteiger partial charge in [-0.25, -0.2) is 9.37 Å². The molecule has 3 nitrogen and oxygen atoms in total. The Morgan fingerprint density at radius 3 is 2.70 bits per heavy atom. The van der Waals surface area contributed by atoms with Crippen molar-refractivity contribution in [3.05, 3.63) is 40.7 Å². The first kappa shape index (κ1) is 14.9. The molecule has 1 aromatic carbocycles. The van der Waals surface area contributed by atoms with Gasteiger partial charge in [0, 0.05) is 18.5 Å². The molecule has 0 amide bonds. The maximum Gasteiger partial charge on any atom is 0.190 e. The fourth-order valence-corrected chi connectivity index (χ4v) is 3.08. The smallest absolute Gasteiger partial charge is 0.190 e. The highest BCUT2D eigenvalue weighted by Crippen LogP contribution is 2.35. The highest BCUT2D eigenvalue weighted by molar-refractivity contribution is 7.15. The van der Waals surface area contributed by atoms with Crippen LogP contribution in [0.5, 0.6) is 0 Å². The Balaban J connectivity index is 2.38. The van der Waals surface area contributed by atoms with E-state index in [1.807, 2.05) is 13.1 Å². The van der Waals surface area contributed by atoms with Gasteiger partial charge in [0.25, 0.3) is 0 Å². The molecule has 1 atom stereocenters. The van der Waals surface area contributed by atoms with Crippen molar-refractivity contribution in [2.45, 2.75) is 32.7 Å². The first-order valence-corrected chi connectivity index (χ1v) is 7.58. The summed E-state index contributed by atoms with van der Waals surface area (Å²) in [6.45, 7) is 4.74. The van der Waals surface area contributed by atoms with Gasteiger partial charge in [-0.2, -0.15) is 0 Å². The molecule has 0 spiro atoms. The number of hydrogen-bond acceptors (Lipinski definition) is 4. The van der Waals surface area contributed by atoms with Gasteiger partial charge in [0.2, 0.25) is 0 Å². The van der Waals surface area contributed by atoms with E-state index in [4.69, 9.17) is 5.73 Å². The summed E-state index contributed by atoms with van der Waals surface area (Å²) in [7, 11) is 1.83. The van der Waals surface area contributed by atoms with Crippen molar-refractivity contribution in [2.24, 2.45) is 5.73 Å². The Labute approximate surface area is 123 Å². The molecule has 2 rings (SSSR count). The van der Waals surface area contributed by atoms with Crippen LogP contribution >= 0.6 is 11.3 Å². The molecule has 1 heterocycles. The second-order valence-electron chi connectivity index (χ2n) is 4.83. The minimum Gasteiger partial charge on any atom is -0.326 e. The molecule has 0 radical (unpaired) electrons. The lowest BCUT2D eigenvalue weighted by Crippen LogP contribution is -2.11. The number of nitrogens with two attached hydrogens (primary N) is 1. The van der Waals surface area contributed by atoms with Crippen LogP contribution in [0.2, 0.25) is 0 Å². The van der Waals surface area contributed by atoms with Crippen molar-refractivity contribution in [1.82, 2.24) is 4.98 Å². The monoisotopic (exact) mass is 293 g/mol. The Kier molecular flexibility index (Phi) is 4.73. The van der Waals surface area contributed by atoms with Crippen molar-refractivity contribution >= 4 is 22.2 Å². The first-order chi connectivity index (χ1) is 9.58. The molecular formula is C15H20FN3S. The van der Waals surface area contributed by atoms with Crippen LogP contribution < -0.4 is 10.6 Å². The number of anilines is 2. The average molecular weight is 293 g/mol. The summed E-state index contributed by atoms with van der Waals surface area (Å²) in [5.41, 5.74) is 7.37. The van der Waals surface area contributed by atoms with Crippen molar-refractivity contribution < 1.29 is 4.39 Å². The zero-order chi connectivity index (χ0) is 14.7. The van der Waals surface area contributed by atoms with Crippen LogP contribution in [0.3, 0.4) is 0 Å². The molecule has 2 aromatic rings. The topological polar surface area (TPSA) is 42.2 Å². The third kappa shape index (κ3) is 2.83. The van der Waals surface area contributed by atoms with Gasteiger partial charge in [0.1, 0.15) is 5.82 Å². The third-order valence-electron chi connectivity index (χ3n) is 3.48. The molecule has 1 aromatic heterocycles. The standard InChI is InChI=1S/C15H20FN3S/c1-4-10(2)14-13(9-17)20-15(18-14)19(3)12-8-6-5-7-11(12)16/h5-8,10H,4,9,17H2,1-3H3. The normalized spacial score (nSPS) is 12.4. The molecule has 0 fully saturated rings. The predicted molar refractivity (Wildman–Crippen MR) is 83.2 cm³/mol. The number of halogens is 1. The number of rotatable bonds is 5. The van der Waals surface area contributed by atoms with Gasteiger partial charge >= 0.3 is 0 Å². The fourth-order valence-electron chi connectivity index (χ4n) is 2.05. The molecule has 2 N–H and O–H groups in total. The van der Waals surface area contributed by atoms with Gasteiger partial charge in [0.05, 0.1) is 11.4 Å². The van der Waals surface area contributed by atoms with Crippen molar-refractivity contribution in [3.8, 4) is 0 Å². The molecule has 1 unspecified atom stereocenters. The van der Waals surface area contributed by atoms with E-state index < -0.39 is 0 Å². The highest BCUT2D eigenvalue weighted by atomic mass is 32.1. The number of benzene rings is 1. The molecule has 108 valence electrons. The quantitative estimate of drug-likeness (QED) is 0.905. The second-order valence-corrected chi connectivity index (χ2v) is 5.89. The van der Waals surface area contributed by atoms with Crippen molar-refractivity contribution in [3.63, 3.8) is 0 Å². The van der Waals surface area contributed by atoms with E-state index in [9.17, 15) is 4.39 Å². The summed E-state index contributed by atoms with van der Waals surface area (Å²) in [6, 6.07) is 6.72. The summed E-state index contributed by atoms with van der Waals surface area (Å²) < 4.78 is 13.9. The van der Waals surface area contributed by atoms with Gasteiger partial charge in [0.15, 0.2) is 5.13 Å². The van der Waals surface area contributed by atoms with Gasteiger partial charge in [-0.05, 0) is 24.5 Å². The Bertz CT molecular complexity index is 582. The number of nitrogens with zero attached hydrogens (tertiary/aromatic N) is 2. The Morgan fingerprint density at radius 1 is 1.40 bits per heavy atom. The molecule has 0 aliphatic heterocycles. The minimum atomic E-state index is -0.246. The van der Waals surface area contributed by atoms with Crippen LogP contribution in [0.1, 0.15) is 36.8 Å². The van der Waals surface area contributed by atoms with E-state index in [1.165, 1.54) is 17.4 Å². The average Bonchev–Trinajstić information content (AvgIpc) is 2.90. The second kappa shape index (κ2) is 6.33. The van der Waals surface area contributed by atoms with Crippen molar-refractivity contribution in [1.29, 1.82) is 0 Å². The minimum absolute atomic E-state index is 0.246. The van der Waals surface area contributed by atoms with Crippen LogP contribution in [0, 0.1) is 5.82 Å². The van der Waals surface area contributed by atoms with Gasteiger partial charge in [-0.3, -0.25) is 0 Å². The van der Waals surface area contributed by atoms with Crippen LogP contribution in [0.4, 0.5) is 15.2 Å². The van der Waals surface area contributed by atoms with Gasteiger partial charge in [-0.1, -0.05) is 37.3 Å². The van der Waals surface area contributed by atoms with Gasteiger partial charge in [-0.15, -0.1) is 0 Å². The van der Waals surface area contributed by atoms with E-state index in [0.717, 1.165) is 22.1 Å². The molecule has 5 heteroatoms. The van der Waals surface area contributed by atoms with Crippen LogP contribution in [0.15, 0.2) is 24.3 Å². The number of hydrogen-bond donors (Lipinski definition) is 1.